The SMILES string of the molecule is O=C(Cc1ccccc1Cl)NCCCCCc1nc2ccccc2n1Cc1c(F)cccc1Cl. The Kier molecular flexibility index (Phi) is 8.20. The molecular formula is C27H26Cl2FN3O. The molecular weight excluding hydrogens is 472 g/mol. The monoisotopic (exact) mass is 497 g/mol. The molecule has 0 saturated carbocycles. The zero-order valence-electron chi connectivity index (χ0n) is 18.7. The second-order valence-electron chi connectivity index (χ2n) is 8.23. The third kappa shape index (κ3) is 5.96. The number of para-hydroxylation sites is 2. The van der Waals surface area contributed by atoms with Gasteiger partial charge in [-0.3, -0.25) is 4.79 Å². The number of halogens is 3. The molecule has 3 aromatic carbocycles. The molecule has 7 heteroatoms. The summed E-state index contributed by atoms with van der Waals surface area (Å²) in [5.74, 6) is 0.559. The summed E-state index contributed by atoms with van der Waals surface area (Å²) in [5, 5.41) is 3.98. The first kappa shape index (κ1) is 24.2. The van der Waals surface area contributed by atoms with E-state index >= 15 is 0 Å². The molecule has 0 radical (unpaired) electrons. The van der Waals surface area contributed by atoms with E-state index in [0.717, 1.165) is 48.1 Å². The normalized spacial score (nSPS) is 11.1. The molecule has 4 aromatic rings. The Balaban J connectivity index is 1.32. The average Bonchev–Trinajstić information content (AvgIpc) is 3.17. The topological polar surface area (TPSA) is 46.9 Å². The Labute approximate surface area is 208 Å². The van der Waals surface area contributed by atoms with E-state index in [9.17, 15) is 9.18 Å². The standard InChI is InChI=1S/C27H26Cl2FN3O/c28-21-10-4-3-9-19(21)17-27(34)31-16-7-1-2-15-26-32-24-13-5-6-14-25(24)33(26)18-20-22(29)11-8-12-23(20)30/h3-6,8-14H,1-2,7,15-18H2,(H,31,34). The predicted molar refractivity (Wildman–Crippen MR) is 136 cm³/mol. The molecule has 34 heavy (non-hydrogen) atoms. The molecule has 0 aliphatic rings. The Hall–Kier alpha value is -2.89. The molecule has 0 fully saturated rings. The number of rotatable bonds is 10. The highest BCUT2D eigenvalue weighted by Crippen LogP contribution is 2.24. The Bertz CT molecular complexity index is 1270. The van der Waals surface area contributed by atoms with E-state index < -0.39 is 0 Å². The third-order valence-corrected chi connectivity index (χ3v) is 6.54. The number of carbonyl (C=O) groups is 1. The van der Waals surface area contributed by atoms with Gasteiger partial charge in [-0.15, -0.1) is 0 Å². The summed E-state index contributed by atoms with van der Waals surface area (Å²) in [6.07, 6.45) is 3.76. The van der Waals surface area contributed by atoms with Gasteiger partial charge >= 0.3 is 0 Å². The van der Waals surface area contributed by atoms with Crippen LogP contribution in [0, 0.1) is 5.82 Å². The lowest BCUT2D eigenvalue weighted by Crippen LogP contribution is -2.26. The Morgan fingerprint density at radius 3 is 2.50 bits per heavy atom. The van der Waals surface area contributed by atoms with Gasteiger partial charge in [-0.25, -0.2) is 9.37 Å². The molecule has 1 heterocycles. The van der Waals surface area contributed by atoms with Crippen molar-refractivity contribution in [3.8, 4) is 0 Å². The number of fused-ring (bicyclic) bond motifs is 1. The van der Waals surface area contributed by atoms with Crippen molar-refractivity contribution in [1.29, 1.82) is 0 Å². The van der Waals surface area contributed by atoms with E-state index in [2.05, 4.69) is 5.32 Å². The summed E-state index contributed by atoms with van der Waals surface area (Å²) in [7, 11) is 0. The molecule has 1 aromatic heterocycles. The molecule has 1 N–H and O–H groups in total. The summed E-state index contributed by atoms with van der Waals surface area (Å²) in [4.78, 5) is 17.0. The van der Waals surface area contributed by atoms with Crippen molar-refractivity contribution in [2.75, 3.05) is 6.54 Å². The maximum atomic E-state index is 14.4. The highest BCUT2D eigenvalue weighted by atomic mass is 35.5. The lowest BCUT2D eigenvalue weighted by Gasteiger charge is -2.12. The largest absolute Gasteiger partial charge is 0.356 e. The van der Waals surface area contributed by atoms with Gasteiger partial charge in [0.25, 0.3) is 0 Å². The van der Waals surface area contributed by atoms with E-state index in [1.165, 1.54) is 6.07 Å². The van der Waals surface area contributed by atoms with E-state index in [0.29, 0.717) is 28.7 Å². The fourth-order valence-corrected chi connectivity index (χ4v) is 4.45. The number of aromatic nitrogens is 2. The number of unbranched alkanes of at least 4 members (excludes halogenated alkanes) is 2. The fraction of sp³-hybridized carbons (Fsp3) is 0.259. The van der Waals surface area contributed by atoms with Crippen LogP contribution in [0.1, 0.15) is 36.2 Å². The molecule has 4 rings (SSSR count). The molecule has 0 aliphatic carbocycles. The van der Waals surface area contributed by atoms with Crippen LogP contribution in [0.5, 0.6) is 0 Å². The van der Waals surface area contributed by atoms with Crippen molar-refractivity contribution >= 4 is 40.1 Å². The van der Waals surface area contributed by atoms with Crippen molar-refractivity contribution in [3.05, 3.63) is 99.5 Å². The molecule has 1 amide bonds. The lowest BCUT2D eigenvalue weighted by atomic mass is 10.1. The molecule has 0 atom stereocenters. The van der Waals surface area contributed by atoms with Crippen molar-refractivity contribution in [2.24, 2.45) is 0 Å². The summed E-state index contributed by atoms with van der Waals surface area (Å²) >= 11 is 12.4. The highest BCUT2D eigenvalue weighted by molar-refractivity contribution is 6.31. The molecule has 4 nitrogen and oxygen atoms in total. The maximum Gasteiger partial charge on any atom is 0.224 e. The summed E-state index contributed by atoms with van der Waals surface area (Å²) in [6, 6.07) is 20.0. The van der Waals surface area contributed by atoms with Crippen LogP contribution < -0.4 is 5.32 Å². The van der Waals surface area contributed by atoms with Crippen molar-refractivity contribution in [2.45, 2.75) is 38.6 Å². The van der Waals surface area contributed by atoms with Gasteiger partial charge in [-0.2, -0.15) is 0 Å². The molecule has 0 bridgehead atoms. The Morgan fingerprint density at radius 2 is 1.68 bits per heavy atom. The van der Waals surface area contributed by atoms with Gasteiger partial charge in [-0.05, 0) is 48.7 Å². The van der Waals surface area contributed by atoms with Crippen LogP contribution in [0.4, 0.5) is 4.39 Å². The van der Waals surface area contributed by atoms with Crippen LogP contribution in [0.25, 0.3) is 11.0 Å². The smallest absolute Gasteiger partial charge is 0.224 e. The Morgan fingerprint density at radius 1 is 0.912 bits per heavy atom. The highest BCUT2D eigenvalue weighted by Gasteiger charge is 2.14. The molecule has 0 spiro atoms. The number of imidazole rings is 1. The van der Waals surface area contributed by atoms with Gasteiger partial charge in [0, 0.05) is 28.6 Å². The lowest BCUT2D eigenvalue weighted by molar-refractivity contribution is -0.120. The number of nitrogens with one attached hydrogen (secondary N) is 1. The van der Waals surface area contributed by atoms with Crippen LogP contribution in [0.2, 0.25) is 10.0 Å². The summed E-state index contributed by atoms with van der Waals surface area (Å²) in [5.41, 5.74) is 3.14. The van der Waals surface area contributed by atoms with Gasteiger partial charge < -0.3 is 9.88 Å². The zero-order valence-corrected chi connectivity index (χ0v) is 20.2. The number of carbonyl (C=O) groups excluding carboxylic acids is 1. The number of nitrogens with zero attached hydrogens (tertiary/aromatic N) is 2. The summed E-state index contributed by atoms with van der Waals surface area (Å²) in [6.45, 7) is 0.948. The van der Waals surface area contributed by atoms with Gasteiger partial charge in [0.1, 0.15) is 11.6 Å². The van der Waals surface area contributed by atoms with E-state index in [1.807, 2.05) is 47.0 Å². The minimum atomic E-state index is -0.316. The van der Waals surface area contributed by atoms with Crippen LogP contribution in [-0.2, 0) is 24.2 Å². The van der Waals surface area contributed by atoms with E-state index in [-0.39, 0.29) is 18.1 Å². The molecule has 0 aliphatic heterocycles. The number of aryl methyl sites for hydroxylation is 1. The van der Waals surface area contributed by atoms with Crippen LogP contribution >= 0.6 is 23.2 Å². The number of hydrogen-bond donors (Lipinski definition) is 1. The number of hydrogen-bond acceptors (Lipinski definition) is 2. The first-order chi connectivity index (χ1) is 16.5. The second kappa shape index (κ2) is 11.5. The third-order valence-electron chi connectivity index (χ3n) is 5.82. The number of benzene rings is 3. The predicted octanol–water partition coefficient (Wildman–Crippen LogP) is 6.60. The van der Waals surface area contributed by atoms with Gasteiger partial charge in [0.2, 0.25) is 5.91 Å². The maximum absolute atomic E-state index is 14.4. The average molecular weight is 498 g/mol. The van der Waals surface area contributed by atoms with Gasteiger partial charge in [-0.1, -0.05) is 66.0 Å². The minimum absolute atomic E-state index is 0.0309. The molecule has 0 saturated heterocycles. The van der Waals surface area contributed by atoms with E-state index in [4.69, 9.17) is 28.2 Å². The van der Waals surface area contributed by atoms with E-state index in [1.54, 1.807) is 18.2 Å². The second-order valence-corrected chi connectivity index (χ2v) is 9.05. The zero-order chi connectivity index (χ0) is 23.9. The van der Waals surface area contributed by atoms with Gasteiger partial charge in [0.15, 0.2) is 0 Å². The van der Waals surface area contributed by atoms with Gasteiger partial charge in [0.05, 0.1) is 24.0 Å². The van der Waals surface area contributed by atoms with Crippen molar-refractivity contribution in [1.82, 2.24) is 14.9 Å². The van der Waals surface area contributed by atoms with Crippen LogP contribution in [0.15, 0.2) is 66.7 Å². The van der Waals surface area contributed by atoms with Crippen LogP contribution in [-0.4, -0.2) is 22.0 Å². The molecule has 176 valence electrons. The first-order valence-corrected chi connectivity index (χ1v) is 12.2. The molecule has 0 unspecified atom stereocenters. The summed E-state index contributed by atoms with van der Waals surface area (Å²) < 4.78 is 16.5. The van der Waals surface area contributed by atoms with Crippen LogP contribution in [0.3, 0.4) is 0 Å². The quantitative estimate of drug-likeness (QED) is 0.251. The minimum Gasteiger partial charge on any atom is -0.356 e. The fourth-order valence-electron chi connectivity index (χ4n) is 4.02. The number of amides is 1. The van der Waals surface area contributed by atoms with Crippen molar-refractivity contribution < 1.29 is 9.18 Å². The van der Waals surface area contributed by atoms with Crippen molar-refractivity contribution in [3.63, 3.8) is 0 Å². The first-order valence-electron chi connectivity index (χ1n) is 11.4.